The summed E-state index contributed by atoms with van der Waals surface area (Å²) >= 11 is 0. The SMILES string of the molecule is CCN1NC(C)C2C1C(=O)N(CCc1ccccc1)C(=O)N2CC(=O)Nc1ccc(F)cc1F. The van der Waals surface area contributed by atoms with Gasteiger partial charge in [-0.25, -0.2) is 24.0 Å². The Hall–Kier alpha value is -3.37. The van der Waals surface area contributed by atoms with E-state index >= 15 is 0 Å². The normalized spacial score (nSPS) is 22.8. The molecule has 0 aromatic heterocycles. The topological polar surface area (TPSA) is 85.0 Å². The molecule has 2 saturated heterocycles. The van der Waals surface area contributed by atoms with Crippen LogP contribution in [0.3, 0.4) is 0 Å². The Labute approximate surface area is 196 Å². The van der Waals surface area contributed by atoms with Crippen molar-refractivity contribution in [2.45, 2.75) is 38.4 Å². The molecule has 2 aliphatic heterocycles. The van der Waals surface area contributed by atoms with E-state index in [2.05, 4.69) is 10.7 Å². The Balaban J connectivity index is 1.56. The molecule has 2 aromatic rings. The van der Waals surface area contributed by atoms with Crippen molar-refractivity contribution in [2.75, 3.05) is 25.0 Å². The molecule has 0 bridgehead atoms. The van der Waals surface area contributed by atoms with Gasteiger partial charge >= 0.3 is 6.03 Å². The minimum atomic E-state index is -0.913. The standard InChI is InChI=1S/C24H27F2N5O3/c1-3-31-22-21(15(2)28-31)30(14-20(32)27-19-10-9-17(25)13-18(19)26)24(34)29(23(22)33)12-11-16-7-5-4-6-8-16/h4-10,13,15,21-22,28H,3,11-12,14H2,1-2H3,(H,27,32). The summed E-state index contributed by atoms with van der Waals surface area (Å²) in [4.78, 5) is 42.1. The van der Waals surface area contributed by atoms with Crippen LogP contribution in [-0.4, -0.2) is 70.4 Å². The van der Waals surface area contributed by atoms with Crippen LogP contribution < -0.4 is 10.7 Å². The van der Waals surface area contributed by atoms with Gasteiger partial charge in [0.15, 0.2) is 0 Å². The molecule has 10 heteroatoms. The second-order valence-electron chi connectivity index (χ2n) is 8.45. The number of amides is 4. The minimum Gasteiger partial charge on any atom is -0.322 e. The van der Waals surface area contributed by atoms with E-state index in [1.54, 1.807) is 5.01 Å². The summed E-state index contributed by atoms with van der Waals surface area (Å²) in [6.07, 6.45) is 0.478. The molecule has 2 aliphatic rings. The molecule has 4 rings (SSSR count). The third kappa shape index (κ3) is 4.64. The van der Waals surface area contributed by atoms with Crippen molar-refractivity contribution in [1.29, 1.82) is 0 Å². The van der Waals surface area contributed by atoms with Gasteiger partial charge in [-0.3, -0.25) is 14.5 Å². The molecule has 0 aliphatic carbocycles. The molecule has 34 heavy (non-hydrogen) atoms. The van der Waals surface area contributed by atoms with Crippen molar-refractivity contribution in [1.82, 2.24) is 20.2 Å². The molecule has 4 amide bonds. The molecule has 8 nitrogen and oxygen atoms in total. The van der Waals surface area contributed by atoms with Gasteiger partial charge < -0.3 is 10.2 Å². The zero-order chi connectivity index (χ0) is 24.4. The summed E-state index contributed by atoms with van der Waals surface area (Å²) in [5, 5.41) is 4.18. The molecular weight excluding hydrogens is 444 g/mol. The van der Waals surface area contributed by atoms with E-state index in [9.17, 15) is 23.2 Å². The quantitative estimate of drug-likeness (QED) is 0.648. The highest BCUT2D eigenvalue weighted by atomic mass is 19.1. The van der Waals surface area contributed by atoms with Crippen LogP contribution in [-0.2, 0) is 16.0 Å². The van der Waals surface area contributed by atoms with Crippen LogP contribution in [0.4, 0.5) is 19.3 Å². The molecule has 2 N–H and O–H groups in total. The number of carbonyl (C=O) groups is 3. The summed E-state index contributed by atoms with van der Waals surface area (Å²) in [5.41, 5.74) is 4.01. The lowest BCUT2D eigenvalue weighted by Crippen LogP contribution is -2.67. The number of urea groups is 1. The average Bonchev–Trinajstić information content (AvgIpc) is 3.15. The fraction of sp³-hybridized carbons (Fsp3) is 0.375. The molecular formula is C24H27F2N5O3. The predicted molar refractivity (Wildman–Crippen MR) is 122 cm³/mol. The highest BCUT2D eigenvalue weighted by Gasteiger charge is 2.54. The molecule has 2 heterocycles. The van der Waals surface area contributed by atoms with E-state index < -0.39 is 35.7 Å². The number of fused-ring (bicyclic) bond motifs is 1. The van der Waals surface area contributed by atoms with Crippen LogP contribution in [0.5, 0.6) is 0 Å². The van der Waals surface area contributed by atoms with Gasteiger partial charge in [-0.15, -0.1) is 0 Å². The smallest absolute Gasteiger partial charge is 0.322 e. The molecule has 2 fully saturated rings. The lowest BCUT2D eigenvalue weighted by atomic mass is 9.97. The van der Waals surface area contributed by atoms with Gasteiger partial charge in [0.1, 0.15) is 24.2 Å². The van der Waals surface area contributed by atoms with Crippen LogP contribution in [0.1, 0.15) is 19.4 Å². The number of halogens is 2. The summed E-state index contributed by atoms with van der Waals surface area (Å²) < 4.78 is 27.2. The number of nitrogens with one attached hydrogen (secondary N) is 2. The van der Waals surface area contributed by atoms with Gasteiger partial charge in [0, 0.05) is 25.2 Å². The highest BCUT2D eigenvalue weighted by Crippen LogP contribution is 2.29. The van der Waals surface area contributed by atoms with Crippen molar-refractivity contribution in [2.24, 2.45) is 0 Å². The number of benzene rings is 2. The van der Waals surface area contributed by atoms with Crippen molar-refractivity contribution in [3.05, 3.63) is 65.7 Å². The maximum Gasteiger partial charge on any atom is 0.327 e. The third-order valence-corrected chi connectivity index (χ3v) is 6.22. The Bertz CT molecular complexity index is 1080. The fourth-order valence-corrected chi connectivity index (χ4v) is 4.62. The first-order valence-electron chi connectivity index (χ1n) is 11.2. The summed E-state index contributed by atoms with van der Waals surface area (Å²) in [6, 6.07) is 10.3. The maximum absolute atomic E-state index is 14.0. The van der Waals surface area contributed by atoms with Gasteiger partial charge in [0.25, 0.3) is 5.91 Å². The minimum absolute atomic E-state index is 0.168. The van der Waals surface area contributed by atoms with E-state index in [4.69, 9.17) is 0 Å². The first kappa shape index (κ1) is 23.8. The Kier molecular flexibility index (Phi) is 6.90. The van der Waals surface area contributed by atoms with Crippen LogP contribution in [0.2, 0.25) is 0 Å². The zero-order valence-corrected chi connectivity index (χ0v) is 19.0. The van der Waals surface area contributed by atoms with Crippen molar-refractivity contribution in [3.63, 3.8) is 0 Å². The van der Waals surface area contributed by atoms with Crippen LogP contribution in [0.25, 0.3) is 0 Å². The first-order valence-corrected chi connectivity index (χ1v) is 11.2. The molecule has 0 spiro atoms. The summed E-state index contributed by atoms with van der Waals surface area (Å²) in [7, 11) is 0. The van der Waals surface area contributed by atoms with E-state index in [0.29, 0.717) is 19.0 Å². The number of likely N-dealkylation sites (N-methyl/N-ethyl adjacent to an activating group) is 1. The van der Waals surface area contributed by atoms with Crippen LogP contribution in [0.15, 0.2) is 48.5 Å². The zero-order valence-electron chi connectivity index (χ0n) is 19.0. The van der Waals surface area contributed by atoms with Crippen molar-refractivity contribution in [3.8, 4) is 0 Å². The fourth-order valence-electron chi connectivity index (χ4n) is 4.62. The van der Waals surface area contributed by atoms with Crippen LogP contribution >= 0.6 is 0 Å². The van der Waals surface area contributed by atoms with E-state index in [0.717, 1.165) is 17.7 Å². The Morgan fingerprint density at radius 1 is 1.12 bits per heavy atom. The van der Waals surface area contributed by atoms with Gasteiger partial charge in [0.2, 0.25) is 5.91 Å². The van der Waals surface area contributed by atoms with Crippen LogP contribution in [0, 0.1) is 11.6 Å². The molecule has 2 aromatic carbocycles. The molecule has 0 radical (unpaired) electrons. The number of anilines is 1. The predicted octanol–water partition coefficient (Wildman–Crippen LogP) is 2.38. The van der Waals surface area contributed by atoms with E-state index in [1.165, 1.54) is 9.80 Å². The maximum atomic E-state index is 14.0. The molecule has 3 atom stereocenters. The molecule has 0 saturated carbocycles. The van der Waals surface area contributed by atoms with E-state index in [-0.39, 0.29) is 30.7 Å². The molecule has 3 unspecified atom stereocenters. The number of hydrogen-bond acceptors (Lipinski definition) is 5. The lowest BCUT2D eigenvalue weighted by Gasteiger charge is -2.43. The van der Waals surface area contributed by atoms with Gasteiger partial charge in [-0.1, -0.05) is 37.3 Å². The monoisotopic (exact) mass is 471 g/mol. The second kappa shape index (κ2) is 9.86. The summed E-state index contributed by atoms with van der Waals surface area (Å²) in [5.74, 6) is -2.63. The van der Waals surface area contributed by atoms with Gasteiger partial charge in [0.05, 0.1) is 11.7 Å². The number of hydrogen-bond donors (Lipinski definition) is 2. The first-order chi connectivity index (χ1) is 16.3. The van der Waals surface area contributed by atoms with Gasteiger partial charge in [-0.2, -0.15) is 0 Å². The largest absolute Gasteiger partial charge is 0.327 e. The number of imide groups is 1. The molecule has 180 valence electrons. The number of hydrazine groups is 1. The second-order valence-corrected chi connectivity index (χ2v) is 8.45. The van der Waals surface area contributed by atoms with Crippen molar-refractivity contribution >= 4 is 23.5 Å². The average molecular weight is 472 g/mol. The summed E-state index contributed by atoms with van der Waals surface area (Å²) in [6.45, 7) is 4.06. The third-order valence-electron chi connectivity index (χ3n) is 6.22. The Morgan fingerprint density at radius 2 is 1.85 bits per heavy atom. The highest BCUT2D eigenvalue weighted by molar-refractivity contribution is 6.03. The Morgan fingerprint density at radius 3 is 2.53 bits per heavy atom. The van der Waals surface area contributed by atoms with Gasteiger partial charge in [-0.05, 0) is 31.0 Å². The number of rotatable bonds is 7. The van der Waals surface area contributed by atoms with Crippen molar-refractivity contribution < 1.29 is 23.2 Å². The number of nitrogens with zero attached hydrogens (tertiary/aromatic N) is 3. The van der Waals surface area contributed by atoms with E-state index in [1.807, 2.05) is 44.2 Å². The number of carbonyl (C=O) groups excluding carboxylic acids is 3. The lowest BCUT2D eigenvalue weighted by molar-refractivity contribution is -0.139.